The molecule has 3 heterocycles. The summed E-state index contributed by atoms with van der Waals surface area (Å²) < 4.78 is 7.73. The molecule has 32 heavy (non-hydrogen) atoms. The molecule has 0 spiro atoms. The molecule has 4 aromatic rings. The fourth-order valence-corrected chi connectivity index (χ4v) is 5.52. The number of hydrogen-bond acceptors (Lipinski definition) is 9. The van der Waals surface area contributed by atoms with Crippen molar-refractivity contribution >= 4 is 67.2 Å². The molecular weight excluding hydrogens is 534 g/mol. The van der Waals surface area contributed by atoms with E-state index in [4.69, 9.17) is 4.74 Å². The van der Waals surface area contributed by atoms with Gasteiger partial charge in [0.2, 0.25) is 11.1 Å². The highest BCUT2D eigenvalue weighted by atomic mass is 79.9. The van der Waals surface area contributed by atoms with Crippen LogP contribution in [0.15, 0.2) is 56.8 Å². The second kappa shape index (κ2) is 10.4. The lowest BCUT2D eigenvalue weighted by molar-refractivity contribution is -0.113. The van der Waals surface area contributed by atoms with E-state index in [1.807, 2.05) is 47.2 Å². The summed E-state index contributed by atoms with van der Waals surface area (Å²) in [5, 5.41) is 19.3. The first-order chi connectivity index (χ1) is 15.6. The zero-order valence-electron chi connectivity index (χ0n) is 16.6. The summed E-state index contributed by atoms with van der Waals surface area (Å²) in [7, 11) is 0. The molecule has 0 radical (unpaired) electrons. The van der Waals surface area contributed by atoms with Gasteiger partial charge in [0.05, 0.1) is 18.0 Å². The van der Waals surface area contributed by atoms with E-state index in [2.05, 4.69) is 36.8 Å². The van der Waals surface area contributed by atoms with Gasteiger partial charge in [-0.1, -0.05) is 33.8 Å². The molecule has 0 fully saturated rings. The lowest BCUT2D eigenvalue weighted by Crippen LogP contribution is -2.16. The van der Waals surface area contributed by atoms with Crippen LogP contribution >= 0.6 is 50.4 Å². The van der Waals surface area contributed by atoms with Crippen molar-refractivity contribution in [1.82, 2.24) is 20.2 Å². The monoisotopic (exact) mass is 549 g/mol. The van der Waals surface area contributed by atoms with Crippen molar-refractivity contribution in [1.29, 1.82) is 0 Å². The summed E-state index contributed by atoms with van der Waals surface area (Å²) in [5.41, 5.74) is 1.91. The minimum Gasteiger partial charge on any atom is -0.462 e. The minimum atomic E-state index is -0.459. The number of aromatic nitrogens is 4. The lowest BCUT2D eigenvalue weighted by Gasteiger charge is -2.08. The third kappa shape index (κ3) is 5.09. The third-order valence-corrected chi connectivity index (χ3v) is 7.40. The Bertz CT molecular complexity index is 1220. The van der Waals surface area contributed by atoms with Crippen LogP contribution in [-0.4, -0.2) is 44.4 Å². The number of hydrogen-bond donors (Lipinski definition) is 1. The molecule has 0 bridgehead atoms. The maximum absolute atomic E-state index is 12.7. The Morgan fingerprint density at radius 2 is 2.03 bits per heavy atom. The van der Waals surface area contributed by atoms with Crippen molar-refractivity contribution in [2.45, 2.75) is 12.1 Å². The van der Waals surface area contributed by atoms with Gasteiger partial charge < -0.3 is 10.1 Å². The highest BCUT2D eigenvalue weighted by Gasteiger charge is 2.23. The predicted molar refractivity (Wildman–Crippen MR) is 130 cm³/mol. The van der Waals surface area contributed by atoms with Crippen LogP contribution in [0, 0.1) is 0 Å². The number of anilines is 1. The van der Waals surface area contributed by atoms with E-state index in [1.165, 1.54) is 34.4 Å². The third-order valence-electron chi connectivity index (χ3n) is 4.15. The van der Waals surface area contributed by atoms with Gasteiger partial charge in [-0.05, 0) is 53.1 Å². The Balaban J connectivity index is 1.48. The summed E-state index contributed by atoms with van der Waals surface area (Å²) in [6.07, 6.45) is 0. The molecule has 0 saturated carbocycles. The predicted octanol–water partition coefficient (Wildman–Crippen LogP) is 5.12. The first kappa shape index (κ1) is 22.6. The van der Waals surface area contributed by atoms with Gasteiger partial charge >= 0.3 is 5.97 Å². The smallest absolute Gasteiger partial charge is 0.341 e. The standard InChI is InChI=1S/C20H16BrN5O3S3/c1-2-29-19(28)17-14(15-4-3-9-30-15)10-31-18(17)22-16(27)11-32-20-23-24-25-26(20)13-7-5-12(21)6-8-13/h3-10H,2,11H2,1H3,(H,22,27). The van der Waals surface area contributed by atoms with Crippen LogP contribution in [0.2, 0.25) is 0 Å². The van der Waals surface area contributed by atoms with Crippen molar-refractivity contribution in [2.75, 3.05) is 17.7 Å². The molecule has 12 heteroatoms. The number of nitrogens with zero attached hydrogens (tertiary/aromatic N) is 4. The Labute approximate surface area is 204 Å². The van der Waals surface area contributed by atoms with Gasteiger partial charge in [-0.2, -0.15) is 4.68 Å². The number of tetrazole rings is 1. The van der Waals surface area contributed by atoms with E-state index in [0.29, 0.717) is 15.7 Å². The van der Waals surface area contributed by atoms with Crippen LogP contribution in [0.25, 0.3) is 16.1 Å². The molecule has 1 amide bonds. The Morgan fingerprint density at radius 1 is 1.22 bits per heavy atom. The normalized spacial score (nSPS) is 10.8. The molecule has 1 aromatic carbocycles. The van der Waals surface area contributed by atoms with Crippen LogP contribution in [-0.2, 0) is 9.53 Å². The molecule has 164 valence electrons. The lowest BCUT2D eigenvalue weighted by atomic mass is 10.1. The molecule has 8 nitrogen and oxygen atoms in total. The van der Waals surface area contributed by atoms with E-state index >= 15 is 0 Å². The molecule has 0 saturated heterocycles. The molecule has 1 N–H and O–H groups in total. The van der Waals surface area contributed by atoms with Crippen molar-refractivity contribution in [3.63, 3.8) is 0 Å². The quantitative estimate of drug-likeness (QED) is 0.240. The topological polar surface area (TPSA) is 99.0 Å². The van der Waals surface area contributed by atoms with Gasteiger partial charge in [0.15, 0.2) is 0 Å². The van der Waals surface area contributed by atoms with E-state index in [-0.39, 0.29) is 18.3 Å². The highest BCUT2D eigenvalue weighted by molar-refractivity contribution is 9.10. The van der Waals surface area contributed by atoms with Crippen LogP contribution < -0.4 is 5.32 Å². The summed E-state index contributed by atoms with van der Waals surface area (Å²) >= 11 is 7.42. The summed E-state index contributed by atoms with van der Waals surface area (Å²) in [4.78, 5) is 26.2. The SMILES string of the molecule is CCOC(=O)c1c(-c2cccs2)csc1NC(=O)CSc1nnnn1-c1ccc(Br)cc1. The molecule has 3 aromatic heterocycles. The van der Waals surface area contributed by atoms with Gasteiger partial charge in [-0.25, -0.2) is 4.79 Å². The van der Waals surface area contributed by atoms with E-state index in [9.17, 15) is 9.59 Å². The summed E-state index contributed by atoms with van der Waals surface area (Å²) in [6, 6.07) is 11.4. The number of nitrogens with one attached hydrogen (secondary N) is 1. The number of halogens is 1. The summed E-state index contributed by atoms with van der Waals surface area (Å²) in [6.45, 7) is 2.00. The van der Waals surface area contributed by atoms with E-state index in [1.54, 1.807) is 11.6 Å². The zero-order valence-corrected chi connectivity index (χ0v) is 20.7. The number of ether oxygens (including phenoxy) is 1. The molecule has 0 aliphatic rings. The molecule has 4 rings (SSSR count). The van der Waals surface area contributed by atoms with Crippen LogP contribution in [0.4, 0.5) is 5.00 Å². The fourth-order valence-electron chi connectivity index (χ4n) is 2.78. The van der Waals surface area contributed by atoms with E-state index < -0.39 is 5.97 Å². The van der Waals surface area contributed by atoms with Gasteiger partial charge in [0.1, 0.15) is 10.6 Å². The van der Waals surface area contributed by atoms with Crippen LogP contribution in [0.1, 0.15) is 17.3 Å². The van der Waals surface area contributed by atoms with Gasteiger partial charge in [-0.15, -0.1) is 27.8 Å². The number of thiophene rings is 2. The minimum absolute atomic E-state index is 0.0748. The average Bonchev–Trinajstić information content (AvgIpc) is 3.53. The molecular formula is C20H16BrN5O3S3. The Hall–Kier alpha value is -2.54. The maximum Gasteiger partial charge on any atom is 0.341 e. The number of amides is 1. The second-order valence-electron chi connectivity index (χ2n) is 6.24. The number of thioether (sulfide) groups is 1. The number of esters is 1. The van der Waals surface area contributed by atoms with Crippen molar-refractivity contribution in [3.8, 4) is 16.1 Å². The first-order valence-electron chi connectivity index (χ1n) is 9.36. The van der Waals surface area contributed by atoms with Crippen LogP contribution in [0.3, 0.4) is 0 Å². The largest absolute Gasteiger partial charge is 0.462 e. The van der Waals surface area contributed by atoms with Crippen molar-refractivity contribution < 1.29 is 14.3 Å². The van der Waals surface area contributed by atoms with Gasteiger partial charge in [0.25, 0.3) is 0 Å². The number of benzene rings is 1. The Kier molecular flexibility index (Phi) is 7.35. The molecule has 0 atom stereocenters. The number of carbonyl (C=O) groups is 2. The average molecular weight is 550 g/mol. The van der Waals surface area contributed by atoms with Gasteiger partial charge in [0, 0.05) is 20.3 Å². The van der Waals surface area contributed by atoms with Crippen LogP contribution in [0.5, 0.6) is 0 Å². The molecule has 0 unspecified atom stereocenters. The summed E-state index contributed by atoms with van der Waals surface area (Å²) in [5.74, 6) is -0.657. The van der Waals surface area contributed by atoms with Crippen molar-refractivity contribution in [2.24, 2.45) is 0 Å². The first-order valence-corrected chi connectivity index (χ1v) is 12.9. The van der Waals surface area contributed by atoms with Crippen molar-refractivity contribution in [3.05, 3.63) is 57.2 Å². The van der Waals surface area contributed by atoms with E-state index in [0.717, 1.165) is 20.6 Å². The Morgan fingerprint density at radius 3 is 2.75 bits per heavy atom. The highest BCUT2D eigenvalue weighted by Crippen LogP contribution is 2.38. The second-order valence-corrected chi connectivity index (χ2v) is 9.92. The number of carbonyl (C=O) groups excluding carboxylic acids is 2. The zero-order chi connectivity index (χ0) is 22.5. The number of rotatable bonds is 8. The molecule has 0 aliphatic carbocycles. The fraction of sp³-hybridized carbons (Fsp3) is 0.150. The van der Waals surface area contributed by atoms with Gasteiger partial charge in [-0.3, -0.25) is 4.79 Å². The molecule has 0 aliphatic heterocycles. The maximum atomic E-state index is 12.7.